The fourth-order valence-electron chi connectivity index (χ4n) is 2.90. The van der Waals surface area contributed by atoms with Crippen LogP contribution in [0.2, 0.25) is 0 Å². The van der Waals surface area contributed by atoms with Gasteiger partial charge in [0, 0.05) is 0 Å². The van der Waals surface area contributed by atoms with Gasteiger partial charge in [0.1, 0.15) is 11.5 Å². The Kier molecular flexibility index (Phi) is 9.06. The molecule has 28 heavy (non-hydrogen) atoms. The Labute approximate surface area is 170 Å². The van der Waals surface area contributed by atoms with Crippen LogP contribution < -0.4 is 9.47 Å². The van der Waals surface area contributed by atoms with Crippen LogP contribution in [0.3, 0.4) is 0 Å². The quantitative estimate of drug-likeness (QED) is 0.242. The minimum atomic E-state index is -0.351. The standard InChI is InChI=1S/C25H34O3/c1-5-19(3)9-7-8-10-21-11-15-24(16-12-21)28-25(26)22-13-17-23(18-14-22)27-20(4)6-2/h11-20H,5-10H2,1-4H3/t19-,20+/m0/s1. The molecule has 0 aliphatic carbocycles. The molecule has 0 bridgehead atoms. The van der Waals surface area contributed by atoms with Crippen molar-refractivity contribution in [2.45, 2.75) is 72.3 Å². The number of benzene rings is 2. The molecule has 0 aliphatic heterocycles. The number of rotatable bonds is 11. The van der Waals surface area contributed by atoms with Crippen LogP contribution in [0.5, 0.6) is 11.5 Å². The second kappa shape index (κ2) is 11.5. The van der Waals surface area contributed by atoms with Crippen LogP contribution >= 0.6 is 0 Å². The molecule has 152 valence electrons. The summed E-state index contributed by atoms with van der Waals surface area (Å²) in [6.45, 7) is 8.67. The molecule has 0 unspecified atom stereocenters. The molecule has 0 fully saturated rings. The third-order valence-electron chi connectivity index (χ3n) is 5.25. The molecular formula is C25H34O3. The highest BCUT2D eigenvalue weighted by Gasteiger charge is 2.10. The first-order chi connectivity index (χ1) is 13.5. The third-order valence-corrected chi connectivity index (χ3v) is 5.25. The van der Waals surface area contributed by atoms with Crippen molar-refractivity contribution in [1.82, 2.24) is 0 Å². The fraction of sp³-hybridized carbons (Fsp3) is 0.480. The minimum Gasteiger partial charge on any atom is -0.491 e. The summed E-state index contributed by atoms with van der Waals surface area (Å²) in [7, 11) is 0. The molecule has 0 saturated heterocycles. The van der Waals surface area contributed by atoms with Gasteiger partial charge in [-0.25, -0.2) is 4.79 Å². The van der Waals surface area contributed by atoms with E-state index in [-0.39, 0.29) is 12.1 Å². The number of esters is 1. The van der Waals surface area contributed by atoms with Gasteiger partial charge in [-0.3, -0.25) is 0 Å². The molecule has 0 aliphatic rings. The van der Waals surface area contributed by atoms with E-state index in [1.165, 1.54) is 31.2 Å². The average Bonchev–Trinajstić information content (AvgIpc) is 2.72. The van der Waals surface area contributed by atoms with Crippen molar-refractivity contribution in [1.29, 1.82) is 0 Å². The minimum absolute atomic E-state index is 0.159. The van der Waals surface area contributed by atoms with E-state index in [9.17, 15) is 4.79 Å². The van der Waals surface area contributed by atoms with Crippen molar-refractivity contribution in [2.75, 3.05) is 0 Å². The van der Waals surface area contributed by atoms with Crippen molar-refractivity contribution < 1.29 is 14.3 Å². The molecule has 0 N–H and O–H groups in total. The Hall–Kier alpha value is -2.29. The van der Waals surface area contributed by atoms with Gasteiger partial charge in [-0.05, 0) is 74.1 Å². The van der Waals surface area contributed by atoms with Gasteiger partial charge >= 0.3 is 5.97 Å². The second-order valence-electron chi connectivity index (χ2n) is 7.65. The van der Waals surface area contributed by atoms with Gasteiger partial charge in [0.05, 0.1) is 11.7 Å². The maximum atomic E-state index is 12.3. The number of unbranched alkanes of at least 4 members (excludes halogenated alkanes) is 1. The summed E-state index contributed by atoms with van der Waals surface area (Å²) in [4.78, 5) is 12.3. The number of ether oxygens (including phenoxy) is 2. The number of aryl methyl sites for hydroxylation is 1. The number of hydrogen-bond donors (Lipinski definition) is 0. The molecule has 0 radical (unpaired) electrons. The van der Waals surface area contributed by atoms with E-state index >= 15 is 0 Å². The van der Waals surface area contributed by atoms with E-state index in [1.54, 1.807) is 12.1 Å². The van der Waals surface area contributed by atoms with E-state index in [1.807, 2.05) is 31.2 Å². The maximum Gasteiger partial charge on any atom is 0.343 e. The van der Waals surface area contributed by atoms with Gasteiger partial charge in [0.25, 0.3) is 0 Å². The molecule has 0 spiro atoms. The first-order valence-corrected chi connectivity index (χ1v) is 10.6. The summed E-state index contributed by atoms with van der Waals surface area (Å²) in [5, 5.41) is 0. The van der Waals surface area contributed by atoms with Crippen molar-refractivity contribution in [3.63, 3.8) is 0 Å². The predicted molar refractivity (Wildman–Crippen MR) is 115 cm³/mol. The van der Waals surface area contributed by atoms with Gasteiger partial charge < -0.3 is 9.47 Å². The van der Waals surface area contributed by atoms with Crippen LogP contribution in [0.1, 0.15) is 75.7 Å². The third kappa shape index (κ3) is 7.38. The number of hydrogen-bond acceptors (Lipinski definition) is 3. The molecule has 0 heterocycles. The van der Waals surface area contributed by atoms with Gasteiger partial charge in [-0.2, -0.15) is 0 Å². The molecule has 2 atom stereocenters. The summed E-state index contributed by atoms with van der Waals surface area (Å²) in [6.07, 6.45) is 7.20. The van der Waals surface area contributed by atoms with Gasteiger partial charge in [0.15, 0.2) is 0 Å². The van der Waals surface area contributed by atoms with E-state index < -0.39 is 0 Å². The lowest BCUT2D eigenvalue weighted by atomic mass is 9.99. The van der Waals surface area contributed by atoms with Crippen LogP contribution in [-0.2, 0) is 6.42 Å². The lowest BCUT2D eigenvalue weighted by Gasteiger charge is -2.12. The van der Waals surface area contributed by atoms with Gasteiger partial charge in [-0.1, -0.05) is 52.2 Å². The Balaban J connectivity index is 1.82. The zero-order chi connectivity index (χ0) is 20.4. The summed E-state index contributed by atoms with van der Waals surface area (Å²) in [5.74, 6) is 1.81. The van der Waals surface area contributed by atoms with Gasteiger partial charge in [0.2, 0.25) is 0 Å². The molecule has 2 rings (SSSR count). The van der Waals surface area contributed by atoms with Crippen molar-refractivity contribution in [2.24, 2.45) is 5.92 Å². The summed E-state index contributed by atoms with van der Waals surface area (Å²) >= 11 is 0. The van der Waals surface area contributed by atoms with Crippen LogP contribution in [0.4, 0.5) is 0 Å². The van der Waals surface area contributed by atoms with E-state index in [4.69, 9.17) is 9.47 Å². The predicted octanol–water partition coefficient (Wildman–Crippen LogP) is 6.84. The largest absolute Gasteiger partial charge is 0.491 e. The zero-order valence-corrected chi connectivity index (χ0v) is 17.7. The Morgan fingerprint density at radius 2 is 1.50 bits per heavy atom. The lowest BCUT2D eigenvalue weighted by Crippen LogP contribution is -2.11. The van der Waals surface area contributed by atoms with Crippen LogP contribution in [0, 0.1) is 5.92 Å². The highest BCUT2D eigenvalue weighted by atomic mass is 16.5. The normalized spacial score (nSPS) is 13.0. The Morgan fingerprint density at radius 1 is 0.857 bits per heavy atom. The van der Waals surface area contributed by atoms with E-state index in [0.29, 0.717) is 11.3 Å². The van der Waals surface area contributed by atoms with Crippen molar-refractivity contribution in [3.8, 4) is 11.5 Å². The molecule has 2 aromatic rings. The smallest absolute Gasteiger partial charge is 0.343 e. The van der Waals surface area contributed by atoms with Crippen LogP contribution in [0.25, 0.3) is 0 Å². The van der Waals surface area contributed by atoms with E-state index in [2.05, 4.69) is 32.9 Å². The van der Waals surface area contributed by atoms with Crippen molar-refractivity contribution in [3.05, 3.63) is 59.7 Å². The average molecular weight is 383 g/mol. The molecule has 2 aromatic carbocycles. The summed E-state index contributed by atoms with van der Waals surface area (Å²) in [5.41, 5.74) is 1.81. The highest BCUT2D eigenvalue weighted by Crippen LogP contribution is 2.19. The topological polar surface area (TPSA) is 35.5 Å². The molecular weight excluding hydrogens is 348 g/mol. The molecule has 0 aromatic heterocycles. The first kappa shape index (κ1) is 22.0. The first-order valence-electron chi connectivity index (χ1n) is 10.6. The molecule has 3 nitrogen and oxygen atoms in total. The highest BCUT2D eigenvalue weighted by molar-refractivity contribution is 5.91. The Bertz CT molecular complexity index is 704. The summed E-state index contributed by atoms with van der Waals surface area (Å²) in [6, 6.07) is 15.0. The maximum absolute atomic E-state index is 12.3. The summed E-state index contributed by atoms with van der Waals surface area (Å²) < 4.78 is 11.2. The van der Waals surface area contributed by atoms with Crippen molar-refractivity contribution >= 4 is 5.97 Å². The monoisotopic (exact) mass is 382 g/mol. The SMILES string of the molecule is CC[C@H](C)CCCCc1ccc(OC(=O)c2ccc(O[C@H](C)CC)cc2)cc1. The van der Waals surface area contributed by atoms with Gasteiger partial charge in [-0.15, -0.1) is 0 Å². The number of carbonyl (C=O) groups is 1. The number of carbonyl (C=O) groups excluding carboxylic acids is 1. The van der Waals surface area contributed by atoms with Crippen LogP contribution in [-0.4, -0.2) is 12.1 Å². The molecule has 0 saturated carbocycles. The molecule has 0 amide bonds. The molecule has 3 heteroatoms. The van der Waals surface area contributed by atoms with E-state index in [0.717, 1.165) is 24.5 Å². The fourth-order valence-corrected chi connectivity index (χ4v) is 2.90. The zero-order valence-electron chi connectivity index (χ0n) is 17.7. The lowest BCUT2D eigenvalue weighted by molar-refractivity contribution is 0.0734. The second-order valence-corrected chi connectivity index (χ2v) is 7.65. The Morgan fingerprint density at radius 3 is 2.11 bits per heavy atom. The van der Waals surface area contributed by atoms with Crippen LogP contribution in [0.15, 0.2) is 48.5 Å².